The molecule has 0 atom stereocenters. The van der Waals surface area contributed by atoms with Gasteiger partial charge >= 0.3 is 5.97 Å². The van der Waals surface area contributed by atoms with Gasteiger partial charge in [-0.3, -0.25) is 4.79 Å². The first-order valence-corrected chi connectivity index (χ1v) is 7.44. The van der Waals surface area contributed by atoms with E-state index < -0.39 is 5.97 Å². The van der Waals surface area contributed by atoms with Crippen molar-refractivity contribution < 1.29 is 14.6 Å². The predicted molar refractivity (Wildman–Crippen MR) is 85.2 cm³/mol. The van der Waals surface area contributed by atoms with E-state index in [4.69, 9.17) is 9.84 Å². The summed E-state index contributed by atoms with van der Waals surface area (Å²) in [6, 6.07) is 15.4. The molecule has 0 unspecified atom stereocenters. The van der Waals surface area contributed by atoms with Gasteiger partial charge in [0, 0.05) is 6.42 Å². The van der Waals surface area contributed by atoms with E-state index in [-0.39, 0.29) is 6.42 Å². The van der Waals surface area contributed by atoms with Gasteiger partial charge in [-0.25, -0.2) is 4.68 Å². The van der Waals surface area contributed by atoms with Crippen molar-refractivity contribution in [2.75, 3.05) is 0 Å². The lowest BCUT2D eigenvalue weighted by molar-refractivity contribution is -0.137. The van der Waals surface area contributed by atoms with Crippen LogP contribution >= 0.6 is 0 Å². The first-order valence-electron chi connectivity index (χ1n) is 7.44. The Balaban J connectivity index is 1.57. The number of carboxylic acid groups (broad SMARTS) is 1. The van der Waals surface area contributed by atoms with Gasteiger partial charge in [0.15, 0.2) is 6.73 Å². The molecule has 0 saturated carbocycles. The molecule has 1 N–H and O–H groups in total. The SMILES string of the molecule is O=C(O)CCCc1ccc(OCn2nnc3ccccc32)cc1. The molecule has 6 nitrogen and oxygen atoms in total. The Morgan fingerprint density at radius 2 is 1.91 bits per heavy atom. The predicted octanol–water partition coefficient (Wildman–Crippen LogP) is 2.88. The van der Waals surface area contributed by atoms with Gasteiger partial charge < -0.3 is 9.84 Å². The second-order valence-electron chi connectivity index (χ2n) is 5.24. The summed E-state index contributed by atoms with van der Waals surface area (Å²) in [5, 5.41) is 16.8. The summed E-state index contributed by atoms with van der Waals surface area (Å²) >= 11 is 0. The zero-order valence-corrected chi connectivity index (χ0v) is 12.6. The standard InChI is InChI=1S/C17H17N3O3/c21-17(22)7-3-4-13-8-10-14(11-9-13)23-12-20-16-6-2-1-5-15(16)18-19-20/h1-2,5-6,8-11H,3-4,7,12H2,(H,21,22). The molecule has 0 amide bonds. The van der Waals surface area contributed by atoms with Gasteiger partial charge in [-0.15, -0.1) is 5.10 Å². The van der Waals surface area contributed by atoms with Crippen LogP contribution in [0, 0.1) is 0 Å². The Morgan fingerprint density at radius 3 is 2.70 bits per heavy atom. The van der Waals surface area contributed by atoms with Crippen molar-refractivity contribution >= 4 is 17.0 Å². The Bertz CT molecular complexity index is 796. The number of hydrogen-bond acceptors (Lipinski definition) is 4. The zero-order valence-electron chi connectivity index (χ0n) is 12.6. The fraction of sp³-hybridized carbons (Fsp3) is 0.235. The van der Waals surface area contributed by atoms with E-state index in [1.165, 1.54) is 0 Å². The van der Waals surface area contributed by atoms with Crippen molar-refractivity contribution in [1.29, 1.82) is 0 Å². The lowest BCUT2D eigenvalue weighted by Gasteiger charge is -2.07. The molecule has 118 valence electrons. The lowest BCUT2D eigenvalue weighted by Crippen LogP contribution is -2.06. The van der Waals surface area contributed by atoms with Crippen molar-refractivity contribution in [3.8, 4) is 5.75 Å². The molecule has 23 heavy (non-hydrogen) atoms. The molecule has 0 spiro atoms. The van der Waals surface area contributed by atoms with Gasteiger partial charge in [-0.05, 0) is 42.7 Å². The van der Waals surface area contributed by atoms with Gasteiger partial charge in [-0.1, -0.05) is 29.5 Å². The number of rotatable bonds is 7. The van der Waals surface area contributed by atoms with Gasteiger partial charge in [0.1, 0.15) is 11.3 Å². The Kier molecular flexibility index (Phi) is 4.52. The smallest absolute Gasteiger partial charge is 0.303 e. The van der Waals surface area contributed by atoms with Crippen LogP contribution in [-0.4, -0.2) is 26.1 Å². The zero-order chi connectivity index (χ0) is 16.1. The Hall–Kier alpha value is -2.89. The number of aliphatic carboxylic acids is 1. The number of para-hydroxylation sites is 1. The summed E-state index contributed by atoms with van der Waals surface area (Å²) in [5.74, 6) is -0.0171. The normalized spacial score (nSPS) is 10.8. The largest absolute Gasteiger partial charge is 0.481 e. The minimum atomic E-state index is -0.759. The minimum absolute atomic E-state index is 0.192. The van der Waals surface area contributed by atoms with Gasteiger partial charge in [-0.2, -0.15) is 0 Å². The molecule has 3 rings (SSSR count). The molecule has 6 heteroatoms. The van der Waals surface area contributed by atoms with Crippen LogP contribution in [0.15, 0.2) is 48.5 Å². The van der Waals surface area contributed by atoms with Crippen LogP contribution in [0.3, 0.4) is 0 Å². The molecule has 0 radical (unpaired) electrons. The number of nitrogens with zero attached hydrogens (tertiary/aromatic N) is 3. The third-order valence-electron chi connectivity index (χ3n) is 3.55. The monoisotopic (exact) mass is 311 g/mol. The molecule has 0 aliphatic rings. The van der Waals surface area contributed by atoms with Gasteiger partial charge in [0.05, 0.1) is 5.52 Å². The average molecular weight is 311 g/mol. The van der Waals surface area contributed by atoms with E-state index in [0.29, 0.717) is 13.2 Å². The molecule has 1 aromatic heterocycles. The molecule has 0 aliphatic carbocycles. The highest BCUT2D eigenvalue weighted by atomic mass is 16.5. The van der Waals surface area contributed by atoms with Crippen molar-refractivity contribution in [1.82, 2.24) is 15.0 Å². The molecule has 1 heterocycles. The number of aryl methyl sites for hydroxylation is 1. The number of fused-ring (bicyclic) bond motifs is 1. The van der Waals surface area contributed by atoms with Crippen LogP contribution in [0.1, 0.15) is 18.4 Å². The highest BCUT2D eigenvalue weighted by Gasteiger charge is 2.04. The third-order valence-corrected chi connectivity index (χ3v) is 3.55. The van der Waals surface area contributed by atoms with Crippen LogP contribution in [0.5, 0.6) is 5.75 Å². The van der Waals surface area contributed by atoms with E-state index >= 15 is 0 Å². The molecule has 3 aromatic rings. The molecule has 0 fully saturated rings. The van der Waals surface area contributed by atoms with E-state index in [1.54, 1.807) is 4.68 Å². The average Bonchev–Trinajstić information content (AvgIpc) is 2.97. The minimum Gasteiger partial charge on any atom is -0.481 e. The highest BCUT2D eigenvalue weighted by Crippen LogP contribution is 2.16. The Labute approximate surface area is 133 Å². The van der Waals surface area contributed by atoms with Crippen molar-refractivity contribution in [3.05, 3.63) is 54.1 Å². The van der Waals surface area contributed by atoms with Crippen molar-refractivity contribution in [3.63, 3.8) is 0 Å². The second-order valence-corrected chi connectivity index (χ2v) is 5.24. The van der Waals surface area contributed by atoms with E-state index in [1.807, 2.05) is 48.5 Å². The molecule has 0 aliphatic heterocycles. The maximum Gasteiger partial charge on any atom is 0.303 e. The maximum atomic E-state index is 10.5. The number of aromatic nitrogens is 3. The van der Waals surface area contributed by atoms with Crippen molar-refractivity contribution in [2.45, 2.75) is 26.0 Å². The van der Waals surface area contributed by atoms with Crippen LogP contribution in [0.2, 0.25) is 0 Å². The molecule has 0 saturated heterocycles. The number of carboxylic acids is 1. The fourth-order valence-electron chi connectivity index (χ4n) is 2.34. The second kappa shape index (κ2) is 6.91. The molecular weight excluding hydrogens is 294 g/mol. The van der Waals surface area contributed by atoms with Crippen LogP contribution in [-0.2, 0) is 17.9 Å². The lowest BCUT2D eigenvalue weighted by atomic mass is 10.1. The quantitative estimate of drug-likeness (QED) is 0.726. The maximum absolute atomic E-state index is 10.5. The van der Waals surface area contributed by atoms with Gasteiger partial charge in [0.2, 0.25) is 0 Å². The van der Waals surface area contributed by atoms with Crippen molar-refractivity contribution in [2.24, 2.45) is 0 Å². The fourth-order valence-corrected chi connectivity index (χ4v) is 2.34. The van der Waals surface area contributed by atoms with Crippen LogP contribution in [0.25, 0.3) is 11.0 Å². The summed E-state index contributed by atoms with van der Waals surface area (Å²) in [5.41, 5.74) is 2.87. The number of ether oxygens (including phenoxy) is 1. The highest BCUT2D eigenvalue weighted by molar-refractivity contribution is 5.73. The topological polar surface area (TPSA) is 77.2 Å². The molecular formula is C17H17N3O3. The molecule has 0 bridgehead atoms. The summed E-state index contributed by atoms with van der Waals surface area (Å²) in [6.07, 6.45) is 1.58. The third kappa shape index (κ3) is 3.85. The van der Waals surface area contributed by atoms with E-state index in [0.717, 1.165) is 28.8 Å². The summed E-state index contributed by atoms with van der Waals surface area (Å²) in [7, 11) is 0. The first-order chi connectivity index (χ1) is 11.2. The summed E-state index contributed by atoms with van der Waals surface area (Å²) < 4.78 is 7.43. The number of carbonyl (C=O) groups is 1. The number of benzene rings is 2. The van der Waals surface area contributed by atoms with Crippen LogP contribution in [0.4, 0.5) is 0 Å². The summed E-state index contributed by atoms with van der Waals surface area (Å²) in [6.45, 7) is 0.291. The van der Waals surface area contributed by atoms with Crippen LogP contribution < -0.4 is 4.74 Å². The number of hydrogen-bond donors (Lipinski definition) is 1. The van der Waals surface area contributed by atoms with E-state index in [9.17, 15) is 4.79 Å². The first kappa shape index (κ1) is 15.0. The Morgan fingerprint density at radius 1 is 1.13 bits per heavy atom. The van der Waals surface area contributed by atoms with E-state index in [2.05, 4.69) is 10.3 Å². The molecule has 2 aromatic carbocycles. The van der Waals surface area contributed by atoms with Gasteiger partial charge in [0.25, 0.3) is 0 Å². The summed E-state index contributed by atoms with van der Waals surface area (Å²) in [4.78, 5) is 10.5.